The fraction of sp³-hybridized carbons (Fsp3) is 0.350. The fourth-order valence-electron chi connectivity index (χ4n) is 3.43. The Hall–Kier alpha value is -2.33. The third-order valence-electron chi connectivity index (χ3n) is 4.76. The molecule has 0 aliphatic carbocycles. The molecule has 1 aliphatic rings. The van der Waals surface area contributed by atoms with E-state index in [0.29, 0.717) is 0 Å². The van der Waals surface area contributed by atoms with Gasteiger partial charge in [0.15, 0.2) is 0 Å². The molecule has 0 spiro atoms. The molecule has 126 valence electrons. The topological polar surface area (TPSA) is 41.6 Å². The summed E-state index contributed by atoms with van der Waals surface area (Å²) in [6.07, 6.45) is 0. The number of nitrogens with zero attached hydrogens (tertiary/aromatic N) is 1. The second-order valence-electron chi connectivity index (χ2n) is 6.51. The summed E-state index contributed by atoms with van der Waals surface area (Å²) < 4.78 is 5.22. The third-order valence-corrected chi connectivity index (χ3v) is 4.76. The van der Waals surface area contributed by atoms with Gasteiger partial charge >= 0.3 is 0 Å². The fourth-order valence-corrected chi connectivity index (χ4v) is 3.43. The van der Waals surface area contributed by atoms with E-state index < -0.39 is 0 Å². The number of aryl methyl sites for hydroxylation is 1. The Morgan fingerprint density at radius 3 is 2.58 bits per heavy atom. The molecular formula is C20H24N2O2. The quantitative estimate of drug-likeness (QED) is 0.938. The zero-order chi connectivity index (χ0) is 17.1. The Balaban J connectivity index is 1.78. The van der Waals surface area contributed by atoms with E-state index in [2.05, 4.69) is 29.4 Å². The van der Waals surface area contributed by atoms with Crippen LogP contribution in [0.5, 0.6) is 5.75 Å². The van der Waals surface area contributed by atoms with Crippen LogP contribution in [0.25, 0.3) is 0 Å². The number of likely N-dealkylation sites (N-methyl/N-ethyl adjacent to an activating group) is 1. The number of methoxy groups -OCH3 is 1. The zero-order valence-corrected chi connectivity index (χ0v) is 14.5. The normalized spacial score (nSPS) is 20.8. The van der Waals surface area contributed by atoms with E-state index in [1.165, 1.54) is 5.56 Å². The number of ether oxygens (including phenoxy) is 1. The van der Waals surface area contributed by atoms with Crippen LogP contribution >= 0.6 is 0 Å². The van der Waals surface area contributed by atoms with Crippen molar-refractivity contribution in [1.29, 1.82) is 0 Å². The number of hydrogen-bond donors (Lipinski definition) is 1. The van der Waals surface area contributed by atoms with E-state index in [1.807, 2.05) is 43.3 Å². The standard InChI is InChI=1S/C20H24N2O2/c1-14-11-16(24-3)9-10-19(14)21-20(23)18-13-22(2)12-17(18)15-7-5-4-6-8-15/h4-11,17-18H,12-13H2,1-3H3,(H,21,23)/t17-,18+/m0/s1. The SMILES string of the molecule is COc1ccc(NC(=O)[C@@H]2CN(C)C[C@H]2c2ccccc2)c(C)c1. The summed E-state index contributed by atoms with van der Waals surface area (Å²) in [6, 6.07) is 16.0. The van der Waals surface area contributed by atoms with Gasteiger partial charge in [-0.3, -0.25) is 4.79 Å². The summed E-state index contributed by atoms with van der Waals surface area (Å²) in [7, 11) is 3.72. The first-order valence-electron chi connectivity index (χ1n) is 8.27. The lowest BCUT2D eigenvalue weighted by Gasteiger charge is -2.19. The minimum atomic E-state index is -0.0427. The van der Waals surface area contributed by atoms with Crippen molar-refractivity contribution in [3.8, 4) is 5.75 Å². The largest absolute Gasteiger partial charge is 0.497 e. The molecule has 1 heterocycles. The first kappa shape index (κ1) is 16.5. The number of anilines is 1. The highest BCUT2D eigenvalue weighted by Crippen LogP contribution is 2.33. The van der Waals surface area contributed by atoms with Crippen molar-refractivity contribution in [3.63, 3.8) is 0 Å². The number of carbonyl (C=O) groups excluding carboxylic acids is 1. The Kier molecular flexibility index (Phi) is 4.86. The molecule has 1 aliphatic heterocycles. The summed E-state index contributed by atoms with van der Waals surface area (Å²) in [5.41, 5.74) is 3.08. The zero-order valence-electron chi connectivity index (χ0n) is 14.5. The average Bonchev–Trinajstić information content (AvgIpc) is 2.99. The van der Waals surface area contributed by atoms with Crippen molar-refractivity contribution in [2.75, 3.05) is 32.6 Å². The molecule has 24 heavy (non-hydrogen) atoms. The monoisotopic (exact) mass is 324 g/mol. The molecular weight excluding hydrogens is 300 g/mol. The molecule has 2 aromatic carbocycles. The first-order valence-corrected chi connectivity index (χ1v) is 8.27. The lowest BCUT2D eigenvalue weighted by Crippen LogP contribution is -2.28. The lowest BCUT2D eigenvalue weighted by molar-refractivity contribution is -0.119. The van der Waals surface area contributed by atoms with Crippen LogP contribution < -0.4 is 10.1 Å². The smallest absolute Gasteiger partial charge is 0.229 e. The van der Waals surface area contributed by atoms with E-state index in [1.54, 1.807) is 7.11 Å². The molecule has 0 saturated carbocycles. The lowest BCUT2D eigenvalue weighted by atomic mass is 9.88. The third kappa shape index (κ3) is 3.44. The Bertz CT molecular complexity index is 715. The number of nitrogens with one attached hydrogen (secondary N) is 1. The highest BCUT2D eigenvalue weighted by Gasteiger charge is 2.37. The molecule has 4 heteroatoms. The molecule has 1 amide bonds. The number of hydrogen-bond acceptors (Lipinski definition) is 3. The highest BCUT2D eigenvalue weighted by molar-refractivity contribution is 5.94. The maximum atomic E-state index is 12.9. The Morgan fingerprint density at radius 1 is 1.17 bits per heavy atom. The molecule has 0 bridgehead atoms. The van der Waals surface area contributed by atoms with E-state index >= 15 is 0 Å². The minimum absolute atomic E-state index is 0.0427. The molecule has 0 radical (unpaired) electrons. The second-order valence-corrected chi connectivity index (χ2v) is 6.51. The van der Waals surface area contributed by atoms with Gasteiger partial charge in [0.2, 0.25) is 5.91 Å². The number of likely N-dealkylation sites (tertiary alicyclic amines) is 1. The van der Waals surface area contributed by atoms with Gasteiger partial charge in [0.25, 0.3) is 0 Å². The van der Waals surface area contributed by atoms with Gasteiger partial charge in [-0.15, -0.1) is 0 Å². The molecule has 2 atom stereocenters. The van der Waals surface area contributed by atoms with Gasteiger partial charge in [0.05, 0.1) is 13.0 Å². The predicted octanol–water partition coefficient (Wildman–Crippen LogP) is 3.29. The summed E-state index contributed by atoms with van der Waals surface area (Å²) in [5.74, 6) is 1.07. The molecule has 0 aromatic heterocycles. The molecule has 1 N–H and O–H groups in total. The van der Waals surface area contributed by atoms with Crippen LogP contribution in [-0.2, 0) is 4.79 Å². The van der Waals surface area contributed by atoms with Crippen LogP contribution in [0.1, 0.15) is 17.0 Å². The Morgan fingerprint density at radius 2 is 1.92 bits per heavy atom. The molecule has 4 nitrogen and oxygen atoms in total. The van der Waals surface area contributed by atoms with Gasteiger partial charge in [0, 0.05) is 24.7 Å². The molecule has 1 fully saturated rings. The van der Waals surface area contributed by atoms with E-state index in [9.17, 15) is 4.79 Å². The minimum Gasteiger partial charge on any atom is -0.497 e. The van der Waals surface area contributed by atoms with Crippen LogP contribution in [-0.4, -0.2) is 38.1 Å². The summed E-state index contributed by atoms with van der Waals surface area (Å²) in [4.78, 5) is 15.1. The van der Waals surface area contributed by atoms with Gasteiger partial charge in [0.1, 0.15) is 5.75 Å². The van der Waals surface area contributed by atoms with Gasteiger partial charge in [-0.25, -0.2) is 0 Å². The maximum absolute atomic E-state index is 12.9. The van der Waals surface area contributed by atoms with Crippen LogP contribution in [0.4, 0.5) is 5.69 Å². The van der Waals surface area contributed by atoms with E-state index in [4.69, 9.17) is 4.74 Å². The second kappa shape index (κ2) is 7.05. The summed E-state index contributed by atoms with van der Waals surface area (Å²) >= 11 is 0. The van der Waals surface area contributed by atoms with Crippen molar-refractivity contribution < 1.29 is 9.53 Å². The number of amides is 1. The van der Waals surface area contributed by atoms with Crippen molar-refractivity contribution in [3.05, 3.63) is 59.7 Å². The van der Waals surface area contributed by atoms with Crippen molar-refractivity contribution in [1.82, 2.24) is 4.90 Å². The number of benzene rings is 2. The van der Waals surface area contributed by atoms with E-state index in [-0.39, 0.29) is 17.7 Å². The number of carbonyl (C=O) groups is 1. The van der Waals surface area contributed by atoms with Gasteiger partial charge in [-0.05, 0) is 43.3 Å². The molecule has 0 unspecified atom stereocenters. The van der Waals surface area contributed by atoms with Crippen LogP contribution in [0, 0.1) is 12.8 Å². The summed E-state index contributed by atoms with van der Waals surface area (Å²) in [5, 5.41) is 3.10. The van der Waals surface area contributed by atoms with Crippen molar-refractivity contribution >= 4 is 11.6 Å². The maximum Gasteiger partial charge on any atom is 0.229 e. The van der Waals surface area contributed by atoms with Crippen molar-refractivity contribution in [2.24, 2.45) is 5.92 Å². The predicted molar refractivity (Wildman–Crippen MR) is 96.5 cm³/mol. The van der Waals surface area contributed by atoms with Gasteiger partial charge < -0.3 is 15.0 Å². The van der Waals surface area contributed by atoms with E-state index in [0.717, 1.165) is 30.1 Å². The molecule has 3 rings (SSSR count). The first-order chi connectivity index (χ1) is 11.6. The Labute approximate surface area is 143 Å². The van der Waals surface area contributed by atoms with Crippen LogP contribution in [0.2, 0.25) is 0 Å². The van der Waals surface area contributed by atoms with Crippen molar-refractivity contribution in [2.45, 2.75) is 12.8 Å². The number of rotatable bonds is 4. The highest BCUT2D eigenvalue weighted by atomic mass is 16.5. The van der Waals surface area contributed by atoms with Gasteiger partial charge in [-0.1, -0.05) is 30.3 Å². The van der Waals surface area contributed by atoms with Gasteiger partial charge in [-0.2, -0.15) is 0 Å². The average molecular weight is 324 g/mol. The van der Waals surface area contributed by atoms with Crippen LogP contribution in [0.3, 0.4) is 0 Å². The molecule has 1 saturated heterocycles. The summed E-state index contributed by atoms with van der Waals surface area (Å²) in [6.45, 7) is 3.66. The van der Waals surface area contributed by atoms with Crippen LogP contribution in [0.15, 0.2) is 48.5 Å². The molecule has 2 aromatic rings.